The highest BCUT2D eigenvalue weighted by Gasteiger charge is 2.32. The molecule has 1 saturated heterocycles. The second-order valence-electron chi connectivity index (χ2n) is 6.54. The Morgan fingerprint density at radius 1 is 1.46 bits per heavy atom. The molecular weight excluding hydrogens is 324 g/mol. The van der Waals surface area contributed by atoms with Gasteiger partial charge in [0.05, 0.1) is 22.4 Å². The van der Waals surface area contributed by atoms with Crippen LogP contribution in [0.2, 0.25) is 0 Å². The lowest BCUT2D eigenvalue weighted by Crippen LogP contribution is -2.40. The highest BCUT2D eigenvalue weighted by molar-refractivity contribution is 7.11. The van der Waals surface area contributed by atoms with E-state index in [9.17, 15) is 4.79 Å². The third-order valence-corrected chi connectivity index (χ3v) is 5.96. The molecule has 1 atom stereocenters. The molecule has 0 aromatic carbocycles. The number of urea groups is 1. The van der Waals surface area contributed by atoms with Crippen molar-refractivity contribution in [2.75, 3.05) is 13.1 Å². The summed E-state index contributed by atoms with van der Waals surface area (Å²) < 4.78 is 5.36. The van der Waals surface area contributed by atoms with Gasteiger partial charge in [-0.3, -0.25) is 0 Å². The topological polar surface area (TPSA) is 71.3 Å². The number of rotatable bonds is 4. The van der Waals surface area contributed by atoms with Gasteiger partial charge in [-0.25, -0.2) is 9.78 Å². The summed E-state index contributed by atoms with van der Waals surface area (Å²) in [5.74, 6) is 0.788. The molecule has 7 heteroatoms. The van der Waals surface area contributed by atoms with Crippen LogP contribution in [0.1, 0.15) is 52.3 Å². The maximum Gasteiger partial charge on any atom is 0.318 e. The number of likely N-dealkylation sites (tertiary alicyclic amines) is 1. The van der Waals surface area contributed by atoms with E-state index < -0.39 is 0 Å². The zero-order chi connectivity index (χ0) is 16.5. The molecule has 0 spiro atoms. The normalized spacial score (nSPS) is 19.7. The van der Waals surface area contributed by atoms with Crippen molar-refractivity contribution in [2.24, 2.45) is 0 Å². The van der Waals surface area contributed by atoms with Crippen molar-refractivity contribution in [2.45, 2.75) is 51.5 Å². The maximum atomic E-state index is 12.5. The van der Waals surface area contributed by atoms with Gasteiger partial charge in [-0.15, -0.1) is 11.3 Å². The molecule has 0 radical (unpaired) electrons. The first-order chi connectivity index (χ1) is 11.7. The van der Waals surface area contributed by atoms with Crippen molar-refractivity contribution >= 4 is 17.4 Å². The number of carbonyl (C=O) groups is 1. The Morgan fingerprint density at radius 3 is 3.17 bits per heavy atom. The summed E-state index contributed by atoms with van der Waals surface area (Å²) >= 11 is 1.81. The Kier molecular flexibility index (Phi) is 4.26. The van der Waals surface area contributed by atoms with Gasteiger partial charge in [0.15, 0.2) is 5.76 Å². The number of fused-ring (bicyclic) bond motifs is 1. The van der Waals surface area contributed by atoms with Gasteiger partial charge in [0, 0.05) is 30.5 Å². The minimum atomic E-state index is -0.0179. The van der Waals surface area contributed by atoms with Crippen LogP contribution in [-0.2, 0) is 19.3 Å². The number of aromatic nitrogens is 2. The van der Waals surface area contributed by atoms with Crippen LogP contribution >= 0.6 is 11.3 Å². The minimum Gasteiger partial charge on any atom is -0.359 e. The maximum absolute atomic E-state index is 12.5. The second kappa shape index (κ2) is 6.55. The van der Waals surface area contributed by atoms with Crippen molar-refractivity contribution in [1.82, 2.24) is 20.4 Å². The lowest BCUT2D eigenvalue weighted by Gasteiger charge is -2.22. The van der Waals surface area contributed by atoms with Gasteiger partial charge in [0.25, 0.3) is 0 Å². The van der Waals surface area contributed by atoms with Crippen molar-refractivity contribution < 1.29 is 9.32 Å². The number of aryl methyl sites for hydroxylation is 3. The molecule has 6 nitrogen and oxygen atoms in total. The predicted molar refractivity (Wildman–Crippen MR) is 91.2 cm³/mol. The molecule has 0 bridgehead atoms. The first kappa shape index (κ1) is 15.6. The number of carbonyl (C=O) groups excluding carboxylic acids is 1. The van der Waals surface area contributed by atoms with Crippen LogP contribution in [0.5, 0.6) is 0 Å². The SMILES string of the molecule is Cc1cc([C@H]2CCCN2C(=O)NCCc2nc3c(s2)CCC3)on1. The molecule has 0 unspecified atom stereocenters. The van der Waals surface area contributed by atoms with Crippen molar-refractivity contribution in [3.63, 3.8) is 0 Å². The molecular formula is C17H22N4O2S. The fourth-order valence-electron chi connectivity index (χ4n) is 3.57. The van der Waals surface area contributed by atoms with Gasteiger partial charge in [0.2, 0.25) is 0 Å². The lowest BCUT2D eigenvalue weighted by atomic mass is 10.1. The van der Waals surface area contributed by atoms with E-state index in [0.717, 1.165) is 48.7 Å². The summed E-state index contributed by atoms with van der Waals surface area (Å²) in [7, 11) is 0. The molecule has 2 amide bonds. The predicted octanol–water partition coefficient (Wildman–Crippen LogP) is 3.02. The molecule has 128 valence electrons. The number of nitrogens with one attached hydrogen (secondary N) is 1. The summed E-state index contributed by atoms with van der Waals surface area (Å²) in [5.41, 5.74) is 2.13. The molecule has 1 N–H and O–H groups in total. The fraction of sp³-hybridized carbons (Fsp3) is 0.588. The Bertz CT molecular complexity index is 717. The van der Waals surface area contributed by atoms with Crippen LogP contribution in [0, 0.1) is 6.92 Å². The Morgan fingerprint density at radius 2 is 2.38 bits per heavy atom. The molecule has 1 fully saturated rings. The average Bonchev–Trinajstić information content (AvgIpc) is 3.29. The summed E-state index contributed by atoms with van der Waals surface area (Å²) in [6.45, 7) is 3.30. The first-order valence-electron chi connectivity index (χ1n) is 8.66. The van der Waals surface area contributed by atoms with Crippen LogP contribution in [-0.4, -0.2) is 34.2 Å². The fourth-order valence-corrected chi connectivity index (χ4v) is 4.73. The lowest BCUT2D eigenvalue weighted by molar-refractivity contribution is 0.182. The quantitative estimate of drug-likeness (QED) is 0.924. The van der Waals surface area contributed by atoms with Gasteiger partial charge < -0.3 is 14.7 Å². The highest BCUT2D eigenvalue weighted by Crippen LogP contribution is 2.32. The zero-order valence-corrected chi connectivity index (χ0v) is 14.7. The van der Waals surface area contributed by atoms with Gasteiger partial charge in [-0.05, 0) is 39.0 Å². The summed E-state index contributed by atoms with van der Waals surface area (Å²) in [6.07, 6.45) is 6.26. The Labute approximate surface area is 145 Å². The molecule has 4 rings (SSSR count). The summed E-state index contributed by atoms with van der Waals surface area (Å²) in [6, 6.07) is 1.92. The third kappa shape index (κ3) is 3.05. The van der Waals surface area contributed by atoms with Gasteiger partial charge in [0.1, 0.15) is 0 Å². The molecule has 2 aliphatic rings. The van der Waals surface area contributed by atoms with E-state index >= 15 is 0 Å². The van der Waals surface area contributed by atoms with E-state index in [4.69, 9.17) is 4.52 Å². The van der Waals surface area contributed by atoms with E-state index in [-0.39, 0.29) is 12.1 Å². The number of hydrogen-bond donors (Lipinski definition) is 1. The van der Waals surface area contributed by atoms with Crippen LogP contribution in [0.4, 0.5) is 4.79 Å². The molecule has 2 aromatic heterocycles. The van der Waals surface area contributed by atoms with Crippen molar-refractivity contribution in [3.05, 3.63) is 33.1 Å². The van der Waals surface area contributed by atoms with Crippen molar-refractivity contribution in [3.8, 4) is 0 Å². The van der Waals surface area contributed by atoms with Gasteiger partial charge >= 0.3 is 6.03 Å². The van der Waals surface area contributed by atoms with Crippen LogP contribution in [0.25, 0.3) is 0 Å². The van der Waals surface area contributed by atoms with Crippen LogP contribution < -0.4 is 5.32 Å². The van der Waals surface area contributed by atoms with Crippen LogP contribution in [0.3, 0.4) is 0 Å². The van der Waals surface area contributed by atoms with E-state index in [1.54, 1.807) is 11.3 Å². The van der Waals surface area contributed by atoms with E-state index in [1.165, 1.54) is 23.4 Å². The molecule has 24 heavy (non-hydrogen) atoms. The Hall–Kier alpha value is -1.89. The number of amides is 2. The van der Waals surface area contributed by atoms with Gasteiger partial charge in [-0.1, -0.05) is 5.16 Å². The molecule has 1 aliphatic carbocycles. The van der Waals surface area contributed by atoms with Gasteiger partial charge in [-0.2, -0.15) is 0 Å². The second-order valence-corrected chi connectivity index (χ2v) is 7.70. The summed E-state index contributed by atoms with van der Waals surface area (Å²) in [5, 5.41) is 8.12. The standard InChI is InChI=1S/C17H22N4O2S/c1-11-10-14(23-20-11)13-5-3-9-21(13)17(22)18-8-7-16-19-12-4-2-6-15(12)24-16/h10,13H,2-9H2,1H3,(H,18,22)/t13-/m1/s1. The van der Waals surface area contributed by atoms with E-state index in [1.807, 2.05) is 17.9 Å². The zero-order valence-electron chi connectivity index (χ0n) is 13.9. The number of thiazole rings is 1. The third-order valence-electron chi connectivity index (χ3n) is 4.74. The van der Waals surface area contributed by atoms with E-state index in [2.05, 4.69) is 15.5 Å². The van der Waals surface area contributed by atoms with Crippen LogP contribution in [0.15, 0.2) is 10.6 Å². The van der Waals surface area contributed by atoms with Crippen molar-refractivity contribution in [1.29, 1.82) is 0 Å². The summed E-state index contributed by atoms with van der Waals surface area (Å²) in [4.78, 5) is 20.5. The molecule has 1 aliphatic heterocycles. The van der Waals surface area contributed by atoms with E-state index in [0.29, 0.717) is 6.54 Å². The smallest absolute Gasteiger partial charge is 0.318 e. The first-order valence-corrected chi connectivity index (χ1v) is 9.47. The number of hydrogen-bond acceptors (Lipinski definition) is 5. The largest absolute Gasteiger partial charge is 0.359 e. The molecule has 3 heterocycles. The minimum absolute atomic E-state index is 0.00913. The average molecular weight is 346 g/mol. The molecule has 2 aromatic rings. The molecule has 0 saturated carbocycles. The Balaban J connectivity index is 1.32. The monoisotopic (exact) mass is 346 g/mol. The highest BCUT2D eigenvalue weighted by atomic mass is 32.1. The number of nitrogens with zero attached hydrogens (tertiary/aromatic N) is 3.